The number of nitrogens with one attached hydrogen (secondary N) is 2. The molecule has 17 heteroatoms. The van der Waals surface area contributed by atoms with Crippen LogP contribution in [0.4, 0.5) is 27.9 Å². The second-order valence-corrected chi connectivity index (χ2v) is 21.5. The summed E-state index contributed by atoms with van der Waals surface area (Å²) in [5, 5.41) is 5.31. The molecule has 2 aliphatic carbocycles. The average molecular weight is 879 g/mol. The van der Waals surface area contributed by atoms with Crippen LogP contribution >= 0.6 is 0 Å². The molecular formula is C46H58N10O6S. The van der Waals surface area contributed by atoms with Crippen LogP contribution in [0.2, 0.25) is 0 Å². The molecule has 6 heterocycles. The molecule has 2 aromatic heterocycles. The van der Waals surface area contributed by atoms with Crippen LogP contribution in [-0.4, -0.2) is 106 Å². The zero-order valence-corrected chi connectivity index (χ0v) is 37.3. The first-order chi connectivity index (χ1) is 30.3. The molecular weight excluding hydrogens is 821 g/mol. The van der Waals surface area contributed by atoms with Gasteiger partial charge in [0.1, 0.15) is 11.9 Å². The molecule has 3 saturated heterocycles. The first kappa shape index (κ1) is 41.7. The van der Waals surface area contributed by atoms with Crippen molar-refractivity contribution < 1.29 is 22.8 Å². The molecule has 0 bridgehead atoms. The SMILES string of the molecule is Cc1cc(S(=O)(=O)C2CC3(CCN(CC4CCN(c5ccc6c(c5)n(C)c(=O)n6C5CCC(=O)NC5=O)CC4)CC3)C2)ccc1Nc1ncc2c(n1)N(C1CCCC1)C(=O)N(C)C2. The number of anilines is 4. The Balaban J connectivity index is 0.710. The van der Waals surface area contributed by atoms with Crippen LogP contribution in [0.25, 0.3) is 11.0 Å². The Morgan fingerprint density at radius 2 is 1.63 bits per heavy atom. The smallest absolute Gasteiger partial charge is 0.329 e. The number of amides is 4. The maximum Gasteiger partial charge on any atom is 0.329 e. The van der Waals surface area contributed by atoms with Crippen molar-refractivity contribution in [3.05, 3.63) is 64.2 Å². The van der Waals surface area contributed by atoms with Crippen molar-refractivity contribution in [3.63, 3.8) is 0 Å². The number of carbonyl (C=O) groups is 3. The molecule has 1 spiro atoms. The van der Waals surface area contributed by atoms with Crippen LogP contribution in [-0.2, 0) is 33.0 Å². The highest BCUT2D eigenvalue weighted by molar-refractivity contribution is 7.92. The van der Waals surface area contributed by atoms with Gasteiger partial charge in [0.15, 0.2) is 9.84 Å². The van der Waals surface area contributed by atoms with E-state index in [-0.39, 0.29) is 40.8 Å². The van der Waals surface area contributed by atoms with Gasteiger partial charge in [-0.15, -0.1) is 0 Å². The molecule has 2 aromatic carbocycles. The highest BCUT2D eigenvalue weighted by atomic mass is 32.2. The summed E-state index contributed by atoms with van der Waals surface area (Å²) in [5.41, 5.74) is 4.81. The van der Waals surface area contributed by atoms with Crippen LogP contribution in [0.1, 0.15) is 94.2 Å². The summed E-state index contributed by atoms with van der Waals surface area (Å²) in [4.78, 5) is 69.1. The number of aryl methyl sites for hydroxylation is 2. The number of aromatic nitrogens is 4. The van der Waals surface area contributed by atoms with Crippen molar-refractivity contribution in [2.24, 2.45) is 18.4 Å². The third-order valence-electron chi connectivity index (χ3n) is 15.2. The predicted molar refractivity (Wildman–Crippen MR) is 240 cm³/mol. The molecule has 16 nitrogen and oxygen atoms in total. The summed E-state index contributed by atoms with van der Waals surface area (Å²) in [7, 11) is 0.0509. The Morgan fingerprint density at radius 1 is 0.889 bits per heavy atom. The lowest BCUT2D eigenvalue weighted by Crippen LogP contribution is -2.52. The van der Waals surface area contributed by atoms with Gasteiger partial charge in [-0.3, -0.25) is 28.9 Å². The normalized spacial score (nSPS) is 22.8. The van der Waals surface area contributed by atoms with Gasteiger partial charge < -0.3 is 20.0 Å². The fraction of sp³-hybridized carbons (Fsp3) is 0.565. The summed E-state index contributed by atoms with van der Waals surface area (Å²) >= 11 is 0. The van der Waals surface area contributed by atoms with Gasteiger partial charge in [-0.2, -0.15) is 4.98 Å². The summed E-state index contributed by atoms with van der Waals surface area (Å²) in [6.07, 6.45) is 12.1. The molecule has 6 aliphatic rings. The minimum absolute atomic E-state index is 0.0337. The minimum Gasteiger partial charge on any atom is -0.371 e. The van der Waals surface area contributed by atoms with Crippen molar-refractivity contribution in [1.29, 1.82) is 0 Å². The van der Waals surface area contributed by atoms with Gasteiger partial charge >= 0.3 is 11.7 Å². The number of urea groups is 1. The molecule has 1 atom stereocenters. The molecule has 63 heavy (non-hydrogen) atoms. The third-order valence-corrected chi connectivity index (χ3v) is 17.4. The summed E-state index contributed by atoms with van der Waals surface area (Å²) in [6.45, 7) is 7.26. The van der Waals surface area contributed by atoms with E-state index >= 15 is 0 Å². The van der Waals surface area contributed by atoms with Gasteiger partial charge in [0, 0.05) is 69.3 Å². The van der Waals surface area contributed by atoms with Crippen LogP contribution in [0.15, 0.2) is 52.3 Å². The Labute approximate surface area is 367 Å². The number of sulfone groups is 1. The lowest BCUT2D eigenvalue weighted by atomic mass is 9.63. The minimum atomic E-state index is -3.49. The zero-order chi connectivity index (χ0) is 43.8. The molecule has 2 saturated carbocycles. The predicted octanol–water partition coefficient (Wildman–Crippen LogP) is 5.41. The number of piperidine rings is 3. The summed E-state index contributed by atoms with van der Waals surface area (Å²) < 4.78 is 31.0. The fourth-order valence-electron chi connectivity index (χ4n) is 11.4. The second-order valence-electron chi connectivity index (χ2n) is 19.2. The van der Waals surface area contributed by atoms with Crippen LogP contribution < -0.4 is 26.1 Å². The molecule has 334 valence electrons. The number of hydrogen-bond donors (Lipinski definition) is 2. The fourth-order valence-corrected chi connectivity index (χ4v) is 13.5. The second kappa shape index (κ2) is 16.1. The van der Waals surface area contributed by atoms with E-state index in [4.69, 9.17) is 4.98 Å². The standard InChI is InChI=1S/C46H58N10O6S/c1-29-22-34(9-10-36(29)48-43-47-26-31-28-51(2)44(59)55(41(31)50-43)32-6-4-5-7-32)63(61,62)35-24-46(25-35)16-20-53(21-17-46)27-30-14-18-54(19-15-30)33-8-11-37-39(23-33)52(3)45(60)56(37)38-12-13-40(57)49-42(38)58/h8-11,22-23,26,30,32,35,38H,4-7,12-21,24-25,27-28H2,1-3H3,(H,47,48,50)(H,49,57,58). The van der Waals surface area contributed by atoms with E-state index in [1.807, 2.05) is 43.1 Å². The Bertz CT molecular complexity index is 2650. The highest BCUT2D eigenvalue weighted by Crippen LogP contribution is 2.53. The molecule has 2 N–H and O–H groups in total. The van der Waals surface area contributed by atoms with E-state index in [1.165, 1.54) is 4.57 Å². The third kappa shape index (κ3) is 7.57. The van der Waals surface area contributed by atoms with Gasteiger partial charge in [-0.05, 0) is 131 Å². The van der Waals surface area contributed by atoms with Crippen molar-refractivity contribution in [2.75, 3.05) is 54.9 Å². The number of carbonyl (C=O) groups excluding carboxylic acids is 3. The average Bonchev–Trinajstić information content (AvgIpc) is 3.88. The maximum absolute atomic E-state index is 13.9. The first-order valence-corrected chi connectivity index (χ1v) is 24.4. The van der Waals surface area contributed by atoms with Gasteiger partial charge in [0.25, 0.3) is 0 Å². The number of rotatable bonds is 9. The van der Waals surface area contributed by atoms with Gasteiger partial charge in [-0.25, -0.2) is 23.0 Å². The number of benzene rings is 2. The van der Waals surface area contributed by atoms with E-state index in [9.17, 15) is 27.6 Å². The number of fused-ring (bicyclic) bond motifs is 2. The van der Waals surface area contributed by atoms with Crippen molar-refractivity contribution in [1.82, 2.24) is 34.2 Å². The molecule has 0 radical (unpaired) electrons. The van der Waals surface area contributed by atoms with Gasteiger partial charge in [-0.1, -0.05) is 12.8 Å². The monoisotopic (exact) mass is 878 g/mol. The van der Waals surface area contributed by atoms with Crippen LogP contribution in [0.5, 0.6) is 0 Å². The molecule has 1 unspecified atom stereocenters. The zero-order valence-electron chi connectivity index (χ0n) is 36.5. The lowest BCUT2D eigenvalue weighted by molar-refractivity contribution is -0.135. The number of likely N-dealkylation sites (tertiary alicyclic amines) is 1. The molecule has 5 fully saturated rings. The molecule has 4 aromatic rings. The summed E-state index contributed by atoms with van der Waals surface area (Å²) in [5.74, 6) is 0.903. The van der Waals surface area contributed by atoms with Crippen LogP contribution in [0.3, 0.4) is 0 Å². The van der Waals surface area contributed by atoms with Crippen molar-refractivity contribution in [3.8, 4) is 0 Å². The lowest BCUT2D eigenvalue weighted by Gasteiger charge is -2.52. The Morgan fingerprint density at radius 3 is 2.35 bits per heavy atom. The largest absolute Gasteiger partial charge is 0.371 e. The summed E-state index contributed by atoms with van der Waals surface area (Å²) in [6, 6.07) is 10.7. The number of nitrogens with zero attached hydrogens (tertiary/aromatic N) is 8. The molecule has 4 amide bonds. The van der Waals surface area contributed by atoms with Crippen LogP contribution in [0, 0.1) is 18.3 Å². The Kier molecular flexibility index (Phi) is 10.6. The van der Waals surface area contributed by atoms with Gasteiger partial charge in [0.2, 0.25) is 17.8 Å². The topological polar surface area (TPSA) is 175 Å². The van der Waals surface area contributed by atoms with E-state index < -0.39 is 21.8 Å². The Hall–Kier alpha value is -5.29. The number of hydrogen-bond acceptors (Lipinski definition) is 11. The van der Waals surface area contributed by atoms with E-state index in [1.54, 1.807) is 34.8 Å². The van der Waals surface area contributed by atoms with E-state index in [0.717, 1.165) is 112 Å². The number of imide groups is 1. The first-order valence-electron chi connectivity index (χ1n) is 22.8. The quantitative estimate of drug-likeness (QED) is 0.206. The number of imidazole rings is 1. The van der Waals surface area contributed by atoms with E-state index in [2.05, 4.69) is 25.4 Å². The van der Waals surface area contributed by atoms with Gasteiger partial charge in [0.05, 0.1) is 27.7 Å². The van der Waals surface area contributed by atoms with Crippen molar-refractivity contribution in [2.45, 2.75) is 113 Å². The van der Waals surface area contributed by atoms with Crippen molar-refractivity contribution >= 4 is 61.9 Å². The molecule has 10 rings (SSSR count). The maximum atomic E-state index is 13.9. The molecule has 4 aliphatic heterocycles. The highest BCUT2D eigenvalue weighted by Gasteiger charge is 2.51. The van der Waals surface area contributed by atoms with E-state index in [0.29, 0.717) is 53.9 Å².